The van der Waals surface area contributed by atoms with Gasteiger partial charge in [-0.15, -0.1) is 0 Å². The molecule has 3 aromatic rings. The summed E-state index contributed by atoms with van der Waals surface area (Å²) < 4.78 is 12.9. The van der Waals surface area contributed by atoms with Crippen LogP contribution in [0.3, 0.4) is 0 Å². The van der Waals surface area contributed by atoms with Crippen molar-refractivity contribution in [3.8, 4) is 5.75 Å². The van der Waals surface area contributed by atoms with E-state index in [1.165, 1.54) is 17.5 Å². The summed E-state index contributed by atoms with van der Waals surface area (Å²) in [5.74, 6) is 0.748. The maximum atomic E-state index is 13.2. The van der Waals surface area contributed by atoms with Crippen LogP contribution in [0.2, 0.25) is 0 Å². The Hall–Kier alpha value is -3.19. The number of piperidine rings is 1. The zero-order valence-electron chi connectivity index (χ0n) is 19.4. The van der Waals surface area contributed by atoms with Gasteiger partial charge in [-0.1, -0.05) is 36.4 Å². The van der Waals surface area contributed by atoms with Crippen LogP contribution >= 0.6 is 0 Å². The highest BCUT2D eigenvalue weighted by Gasteiger charge is 2.43. The molecule has 1 aliphatic heterocycles. The van der Waals surface area contributed by atoms with Gasteiger partial charge < -0.3 is 9.47 Å². The zero-order chi connectivity index (χ0) is 23.1. The van der Waals surface area contributed by atoms with Gasteiger partial charge in [0.05, 0.1) is 25.7 Å². The minimum Gasteiger partial charge on any atom is -0.496 e. The predicted octanol–water partition coefficient (Wildman–Crippen LogP) is 3.72. The Labute approximate surface area is 195 Å². The lowest BCUT2D eigenvalue weighted by molar-refractivity contribution is -0.159. The molecular weight excluding hydrogens is 416 g/mol. The van der Waals surface area contributed by atoms with Gasteiger partial charge in [0.15, 0.2) is 0 Å². The average molecular weight is 449 g/mol. The molecule has 1 atom stereocenters. The molecular formula is C26H32N4O3. The molecule has 0 amide bonds. The van der Waals surface area contributed by atoms with Gasteiger partial charge in [0.1, 0.15) is 18.4 Å². The lowest BCUT2D eigenvalue weighted by Crippen LogP contribution is -2.49. The Morgan fingerprint density at radius 3 is 2.70 bits per heavy atom. The van der Waals surface area contributed by atoms with E-state index in [1.807, 2.05) is 31.2 Å². The summed E-state index contributed by atoms with van der Waals surface area (Å²) in [5.41, 5.74) is 2.89. The number of carbonyl (C=O) groups is 1. The van der Waals surface area contributed by atoms with Crippen LogP contribution in [0, 0.1) is 5.41 Å². The van der Waals surface area contributed by atoms with Crippen molar-refractivity contribution < 1.29 is 14.3 Å². The van der Waals surface area contributed by atoms with Crippen LogP contribution in [-0.2, 0) is 29.0 Å². The normalized spacial score (nSPS) is 18.7. The summed E-state index contributed by atoms with van der Waals surface area (Å²) in [4.78, 5) is 19.6. The number of rotatable bonds is 9. The predicted molar refractivity (Wildman–Crippen MR) is 126 cm³/mol. The molecule has 0 unspecified atom stereocenters. The lowest BCUT2D eigenvalue weighted by Gasteiger charge is -2.41. The number of methoxy groups -OCH3 is 1. The largest absolute Gasteiger partial charge is 0.496 e. The summed E-state index contributed by atoms with van der Waals surface area (Å²) in [6.45, 7) is 5.29. The molecule has 1 fully saturated rings. The van der Waals surface area contributed by atoms with Gasteiger partial charge in [-0.25, -0.2) is 9.67 Å². The number of ether oxygens (including phenoxy) is 2. The van der Waals surface area contributed by atoms with Crippen LogP contribution in [0.4, 0.5) is 0 Å². The summed E-state index contributed by atoms with van der Waals surface area (Å²) in [5, 5.41) is 4.22. The molecule has 7 nitrogen and oxygen atoms in total. The molecule has 4 rings (SSSR count). The molecule has 1 aromatic heterocycles. The van der Waals surface area contributed by atoms with E-state index in [0.717, 1.165) is 37.2 Å². The molecule has 7 heteroatoms. The van der Waals surface area contributed by atoms with Crippen molar-refractivity contribution in [2.75, 3.05) is 26.8 Å². The first-order valence-corrected chi connectivity index (χ1v) is 11.5. The fourth-order valence-electron chi connectivity index (χ4n) is 4.82. The maximum absolute atomic E-state index is 13.2. The van der Waals surface area contributed by atoms with Crippen LogP contribution in [0.15, 0.2) is 61.2 Å². The van der Waals surface area contributed by atoms with Crippen molar-refractivity contribution in [3.63, 3.8) is 0 Å². The topological polar surface area (TPSA) is 69.5 Å². The first-order chi connectivity index (χ1) is 16.1. The van der Waals surface area contributed by atoms with Gasteiger partial charge in [0.2, 0.25) is 0 Å². The molecule has 1 saturated heterocycles. The highest BCUT2D eigenvalue weighted by Crippen LogP contribution is 2.36. The third-order valence-corrected chi connectivity index (χ3v) is 6.30. The van der Waals surface area contributed by atoms with Gasteiger partial charge in [0, 0.05) is 18.7 Å². The highest BCUT2D eigenvalue weighted by atomic mass is 16.5. The minimum absolute atomic E-state index is 0.0832. The molecule has 0 bridgehead atoms. The van der Waals surface area contributed by atoms with Gasteiger partial charge in [0.25, 0.3) is 0 Å². The van der Waals surface area contributed by atoms with E-state index in [9.17, 15) is 4.79 Å². The number of aromatic nitrogens is 3. The number of benzene rings is 2. The van der Waals surface area contributed by atoms with E-state index in [4.69, 9.17) is 9.47 Å². The molecule has 33 heavy (non-hydrogen) atoms. The smallest absolute Gasteiger partial charge is 0.313 e. The molecule has 2 heterocycles. The minimum atomic E-state index is -0.522. The lowest BCUT2D eigenvalue weighted by atomic mass is 9.75. The van der Waals surface area contributed by atoms with E-state index >= 15 is 0 Å². The van der Waals surface area contributed by atoms with Crippen LogP contribution in [0.5, 0.6) is 5.75 Å². The van der Waals surface area contributed by atoms with Crippen molar-refractivity contribution in [1.82, 2.24) is 19.7 Å². The Morgan fingerprint density at radius 2 is 1.97 bits per heavy atom. The van der Waals surface area contributed by atoms with Crippen molar-refractivity contribution in [2.24, 2.45) is 5.41 Å². The van der Waals surface area contributed by atoms with Crippen LogP contribution in [0.25, 0.3) is 0 Å². The summed E-state index contributed by atoms with van der Waals surface area (Å²) >= 11 is 0. The Balaban J connectivity index is 1.53. The molecule has 0 saturated carbocycles. The summed E-state index contributed by atoms with van der Waals surface area (Å²) in [7, 11) is 1.68. The van der Waals surface area contributed by atoms with E-state index in [2.05, 4.69) is 39.2 Å². The highest BCUT2D eigenvalue weighted by molar-refractivity contribution is 5.77. The van der Waals surface area contributed by atoms with Crippen molar-refractivity contribution in [3.05, 3.63) is 77.9 Å². The van der Waals surface area contributed by atoms with Gasteiger partial charge in [-0.3, -0.25) is 9.69 Å². The molecule has 0 aliphatic carbocycles. The molecule has 0 spiro atoms. The number of likely N-dealkylation sites (tertiary alicyclic amines) is 1. The molecule has 0 radical (unpaired) electrons. The number of hydrogen-bond donors (Lipinski definition) is 0. The van der Waals surface area contributed by atoms with Crippen molar-refractivity contribution >= 4 is 5.97 Å². The Bertz CT molecular complexity index is 1040. The third kappa shape index (κ3) is 5.60. The van der Waals surface area contributed by atoms with E-state index < -0.39 is 5.41 Å². The quantitative estimate of drug-likeness (QED) is 0.465. The van der Waals surface area contributed by atoms with Gasteiger partial charge >= 0.3 is 5.97 Å². The maximum Gasteiger partial charge on any atom is 0.313 e. The van der Waals surface area contributed by atoms with Crippen molar-refractivity contribution in [1.29, 1.82) is 0 Å². The standard InChI is InChI=1S/C26H32N4O3/c1-3-33-25(31)26(15-21-8-5-4-6-9-21)12-7-13-29(18-26)16-22-10-11-24(32-2)23(14-22)17-30-20-27-19-28-30/h4-6,8-11,14,19-20H,3,7,12-13,15-18H2,1-2H3/t26-/m1/s1. The Kier molecular flexibility index (Phi) is 7.40. The second-order valence-corrected chi connectivity index (χ2v) is 8.72. The SMILES string of the molecule is CCOC(=O)[C@@]1(Cc2ccccc2)CCCN(Cc2ccc(OC)c(Cn3cncn3)c2)C1. The zero-order valence-corrected chi connectivity index (χ0v) is 19.4. The monoisotopic (exact) mass is 448 g/mol. The third-order valence-electron chi connectivity index (χ3n) is 6.30. The van der Waals surface area contributed by atoms with Crippen LogP contribution < -0.4 is 4.74 Å². The molecule has 2 aromatic carbocycles. The van der Waals surface area contributed by atoms with Crippen LogP contribution in [0.1, 0.15) is 36.5 Å². The number of hydrogen-bond acceptors (Lipinski definition) is 6. The van der Waals surface area contributed by atoms with Crippen LogP contribution in [-0.4, -0.2) is 52.4 Å². The number of esters is 1. The molecule has 0 N–H and O–H groups in total. The average Bonchev–Trinajstić information content (AvgIpc) is 3.33. The second kappa shape index (κ2) is 10.6. The molecule has 1 aliphatic rings. The summed E-state index contributed by atoms with van der Waals surface area (Å²) in [6, 6.07) is 16.5. The fraction of sp³-hybridized carbons (Fsp3) is 0.423. The van der Waals surface area contributed by atoms with Crippen molar-refractivity contribution in [2.45, 2.75) is 39.3 Å². The number of carbonyl (C=O) groups excluding carboxylic acids is 1. The second-order valence-electron chi connectivity index (χ2n) is 8.72. The first-order valence-electron chi connectivity index (χ1n) is 11.5. The Morgan fingerprint density at radius 1 is 1.12 bits per heavy atom. The van der Waals surface area contributed by atoms with Gasteiger partial charge in [-0.05, 0) is 56.0 Å². The molecule has 174 valence electrons. The van der Waals surface area contributed by atoms with Gasteiger partial charge in [-0.2, -0.15) is 5.10 Å². The van der Waals surface area contributed by atoms with E-state index in [1.54, 1.807) is 18.1 Å². The summed E-state index contributed by atoms with van der Waals surface area (Å²) in [6.07, 6.45) is 5.74. The first kappa shape index (κ1) is 23.0. The van der Waals surface area contributed by atoms with E-state index in [-0.39, 0.29) is 5.97 Å². The van der Waals surface area contributed by atoms with E-state index in [0.29, 0.717) is 26.1 Å². The number of nitrogens with zero attached hydrogens (tertiary/aromatic N) is 4. The fourth-order valence-corrected chi connectivity index (χ4v) is 4.82.